The quantitative estimate of drug-likeness (QED) is 0.315. The molecule has 3 rings (SSSR count). The third-order valence-corrected chi connectivity index (χ3v) is 6.71. The fourth-order valence-corrected chi connectivity index (χ4v) is 5.02. The highest BCUT2D eigenvalue weighted by Gasteiger charge is 2.48. The van der Waals surface area contributed by atoms with E-state index in [4.69, 9.17) is 4.74 Å². The molecular formula is C25H29F4N3O6. The molecule has 1 aromatic carbocycles. The number of methoxy groups -OCH3 is 1. The molecule has 0 aliphatic carbocycles. The Morgan fingerprint density at radius 3 is 2.66 bits per heavy atom. The largest absolute Gasteiger partial charge is 0.491 e. The number of hydrogen-bond acceptors (Lipinski definition) is 6. The van der Waals surface area contributed by atoms with Crippen LogP contribution in [0.2, 0.25) is 0 Å². The lowest BCUT2D eigenvalue weighted by Gasteiger charge is -2.37. The number of amides is 2. The summed E-state index contributed by atoms with van der Waals surface area (Å²) in [4.78, 5) is 39.6. The van der Waals surface area contributed by atoms with Gasteiger partial charge >= 0.3 is 6.61 Å². The van der Waals surface area contributed by atoms with Crippen molar-refractivity contribution >= 4 is 12.3 Å². The van der Waals surface area contributed by atoms with Gasteiger partial charge in [-0.2, -0.15) is 8.78 Å². The van der Waals surface area contributed by atoms with E-state index in [0.717, 1.165) is 12.1 Å². The molecule has 2 amide bonds. The highest BCUT2D eigenvalue weighted by atomic mass is 19.3. The molecule has 0 saturated heterocycles. The summed E-state index contributed by atoms with van der Waals surface area (Å²) in [7, 11) is 1.21. The van der Waals surface area contributed by atoms with Gasteiger partial charge in [-0.25, -0.2) is 8.78 Å². The van der Waals surface area contributed by atoms with Crippen molar-refractivity contribution in [2.24, 2.45) is 0 Å². The van der Waals surface area contributed by atoms with E-state index in [9.17, 15) is 37.1 Å². The van der Waals surface area contributed by atoms with Crippen LogP contribution in [-0.4, -0.2) is 60.3 Å². The van der Waals surface area contributed by atoms with Gasteiger partial charge in [0.25, 0.3) is 5.91 Å². The summed E-state index contributed by atoms with van der Waals surface area (Å²) in [5.41, 5.74) is -2.47. The van der Waals surface area contributed by atoms with Crippen molar-refractivity contribution < 1.29 is 41.7 Å². The van der Waals surface area contributed by atoms with Crippen molar-refractivity contribution in [1.29, 1.82) is 0 Å². The Bertz CT molecular complexity index is 1250. The van der Waals surface area contributed by atoms with Crippen molar-refractivity contribution in [2.75, 3.05) is 26.8 Å². The van der Waals surface area contributed by atoms with Crippen LogP contribution in [0.4, 0.5) is 17.6 Å². The average Bonchev–Trinajstić information content (AvgIpc) is 3.13. The van der Waals surface area contributed by atoms with E-state index in [0.29, 0.717) is 12.5 Å². The van der Waals surface area contributed by atoms with Gasteiger partial charge in [-0.1, -0.05) is 6.07 Å². The molecule has 208 valence electrons. The first kappa shape index (κ1) is 29.1. The van der Waals surface area contributed by atoms with E-state index in [1.165, 1.54) is 23.5 Å². The van der Waals surface area contributed by atoms with Crippen molar-refractivity contribution in [3.8, 4) is 5.75 Å². The number of carbonyl (C=O) groups is 2. The molecule has 1 aliphatic rings. The van der Waals surface area contributed by atoms with Crippen LogP contribution in [0.3, 0.4) is 0 Å². The van der Waals surface area contributed by atoms with Gasteiger partial charge in [-0.05, 0) is 26.3 Å². The van der Waals surface area contributed by atoms with Gasteiger partial charge < -0.3 is 29.4 Å². The molecule has 1 aliphatic heterocycles. The van der Waals surface area contributed by atoms with Crippen LogP contribution < -0.4 is 15.5 Å². The molecule has 2 N–H and O–H groups in total. The number of pyridine rings is 1. The van der Waals surface area contributed by atoms with Crippen LogP contribution in [0.15, 0.2) is 23.0 Å². The number of likely N-dealkylation sites (N-methyl/N-ethyl adjacent to an activating group) is 1. The van der Waals surface area contributed by atoms with Gasteiger partial charge in [0.1, 0.15) is 17.2 Å². The minimum atomic E-state index is -3.05. The monoisotopic (exact) mass is 543 g/mol. The first-order valence-electron chi connectivity index (χ1n) is 11.8. The number of carbonyl (C=O) groups excluding carboxylic acids is 2. The summed E-state index contributed by atoms with van der Waals surface area (Å²) in [5.74, 6) is -2.89. The Balaban J connectivity index is 2.14. The highest BCUT2D eigenvalue weighted by Crippen LogP contribution is 2.45. The SMILES string of the molecule is CCN(C=O)CC1(CCOC(F)F)CC(O)c2c(C(=O)NCc3ccc(F)cc3F)c(=O)c(OC)c(C)n21. The Morgan fingerprint density at radius 2 is 2.08 bits per heavy atom. The number of rotatable bonds is 12. The Kier molecular flexibility index (Phi) is 9.15. The fourth-order valence-electron chi connectivity index (χ4n) is 5.02. The van der Waals surface area contributed by atoms with E-state index in [1.54, 1.807) is 6.92 Å². The molecule has 1 aromatic heterocycles. The summed E-state index contributed by atoms with van der Waals surface area (Å²) < 4.78 is 64.1. The third kappa shape index (κ3) is 5.68. The zero-order valence-corrected chi connectivity index (χ0v) is 21.1. The van der Waals surface area contributed by atoms with Crippen molar-refractivity contribution in [2.45, 2.75) is 51.5 Å². The molecule has 9 nitrogen and oxygen atoms in total. The lowest BCUT2D eigenvalue weighted by atomic mass is 9.90. The lowest BCUT2D eigenvalue weighted by molar-refractivity contribution is -0.136. The summed E-state index contributed by atoms with van der Waals surface area (Å²) in [6, 6.07) is 2.80. The topological polar surface area (TPSA) is 110 Å². The highest BCUT2D eigenvalue weighted by molar-refractivity contribution is 5.96. The van der Waals surface area contributed by atoms with Crippen LogP contribution in [0.5, 0.6) is 5.75 Å². The Hall–Kier alpha value is -3.45. The number of nitrogens with zero attached hydrogens (tertiary/aromatic N) is 2. The smallest absolute Gasteiger partial charge is 0.345 e. The van der Waals surface area contributed by atoms with Crippen molar-refractivity contribution in [3.63, 3.8) is 0 Å². The first-order valence-corrected chi connectivity index (χ1v) is 11.8. The maximum Gasteiger partial charge on any atom is 0.345 e. The number of hydrogen-bond donors (Lipinski definition) is 2. The zero-order chi connectivity index (χ0) is 28.2. The molecule has 2 atom stereocenters. The second-order valence-corrected chi connectivity index (χ2v) is 8.96. The second kappa shape index (κ2) is 11.9. The third-order valence-electron chi connectivity index (χ3n) is 6.71. The summed E-state index contributed by atoms with van der Waals surface area (Å²) >= 11 is 0. The number of aromatic nitrogens is 1. The molecule has 13 heteroatoms. The van der Waals surface area contributed by atoms with Gasteiger partial charge in [-0.3, -0.25) is 14.4 Å². The number of fused-ring (bicyclic) bond motifs is 1. The number of ether oxygens (including phenoxy) is 2. The van der Waals surface area contributed by atoms with E-state index < -0.39 is 59.9 Å². The number of aliphatic hydroxyl groups is 1. The maximum atomic E-state index is 14.1. The predicted octanol–water partition coefficient (Wildman–Crippen LogP) is 2.61. The van der Waals surface area contributed by atoms with E-state index >= 15 is 0 Å². The van der Waals surface area contributed by atoms with Crippen LogP contribution in [0.25, 0.3) is 0 Å². The molecule has 0 saturated carbocycles. The molecule has 0 radical (unpaired) electrons. The maximum absolute atomic E-state index is 14.1. The number of alkyl halides is 2. The van der Waals surface area contributed by atoms with Gasteiger partial charge in [0, 0.05) is 37.7 Å². The zero-order valence-electron chi connectivity index (χ0n) is 21.1. The van der Waals surface area contributed by atoms with Crippen LogP contribution in [0, 0.1) is 18.6 Å². The molecular weight excluding hydrogens is 514 g/mol. The Morgan fingerprint density at radius 1 is 1.37 bits per heavy atom. The molecule has 2 unspecified atom stereocenters. The Labute approximate surface area is 215 Å². The summed E-state index contributed by atoms with van der Waals surface area (Å²) in [6.07, 6.45) is -1.04. The molecule has 2 heterocycles. The molecule has 0 fully saturated rings. The van der Waals surface area contributed by atoms with Crippen LogP contribution in [-0.2, 0) is 21.6 Å². The van der Waals surface area contributed by atoms with Gasteiger partial charge in [0.2, 0.25) is 11.8 Å². The van der Waals surface area contributed by atoms with Crippen molar-refractivity contribution in [3.05, 3.63) is 62.6 Å². The van der Waals surface area contributed by atoms with Gasteiger partial charge in [0.05, 0.1) is 36.7 Å². The molecule has 0 spiro atoms. The average molecular weight is 544 g/mol. The lowest BCUT2D eigenvalue weighted by Crippen LogP contribution is -2.45. The molecule has 2 aromatic rings. The second-order valence-electron chi connectivity index (χ2n) is 8.96. The van der Waals surface area contributed by atoms with E-state index in [2.05, 4.69) is 10.1 Å². The van der Waals surface area contributed by atoms with Crippen LogP contribution >= 0.6 is 0 Å². The first-order chi connectivity index (χ1) is 18.0. The minimum Gasteiger partial charge on any atom is -0.491 e. The summed E-state index contributed by atoms with van der Waals surface area (Å²) in [6.45, 7) is -0.452. The number of aliphatic hydroxyl groups excluding tert-OH is 1. The summed E-state index contributed by atoms with van der Waals surface area (Å²) in [5, 5.41) is 13.5. The van der Waals surface area contributed by atoms with Gasteiger partial charge in [-0.15, -0.1) is 0 Å². The standard InChI is InChI=1S/C25H29F4N3O6/c1-4-31(13-33)12-25(7-8-38-24(28)29)10-18(34)20-19(21(35)22(37-3)14(2)32(20)25)23(36)30-11-15-5-6-16(26)9-17(15)27/h5-6,9,13,18,24,34H,4,7-8,10-12H2,1-3H3,(H,30,36). The van der Waals surface area contributed by atoms with E-state index in [1.807, 2.05) is 0 Å². The van der Waals surface area contributed by atoms with Gasteiger partial charge in [0.15, 0.2) is 5.75 Å². The normalized spacial score (nSPS) is 18.4. The fraction of sp³-hybridized carbons (Fsp3) is 0.480. The predicted molar refractivity (Wildman–Crippen MR) is 127 cm³/mol. The molecule has 0 bridgehead atoms. The molecule has 38 heavy (non-hydrogen) atoms. The minimum absolute atomic E-state index is 0.0424. The number of benzene rings is 1. The van der Waals surface area contributed by atoms with Crippen LogP contribution in [0.1, 0.15) is 53.2 Å². The van der Waals surface area contributed by atoms with E-state index in [-0.39, 0.29) is 48.6 Å². The number of nitrogens with one attached hydrogen (secondary N) is 1. The van der Waals surface area contributed by atoms with Crippen molar-refractivity contribution in [1.82, 2.24) is 14.8 Å². The number of halogens is 4.